The van der Waals surface area contributed by atoms with E-state index >= 15 is 0 Å². The van der Waals surface area contributed by atoms with Gasteiger partial charge in [0.2, 0.25) is 0 Å². The second-order valence-electron chi connectivity index (χ2n) is 4.11. The maximum Gasteiger partial charge on any atom is 0.303 e. The van der Waals surface area contributed by atoms with Crippen molar-refractivity contribution in [3.05, 3.63) is 28.5 Å². The van der Waals surface area contributed by atoms with Crippen molar-refractivity contribution in [1.29, 1.82) is 0 Å². The number of aliphatic carboxylic acids is 1. The average Bonchev–Trinajstić information content (AvgIpc) is 2.34. The number of carbonyl (C=O) groups excluding carboxylic acids is 1. The molecule has 2 N–H and O–H groups in total. The Balaban J connectivity index is 2.36. The SMILES string of the molecule is CC(CCC(=O)O)CNC(=O)c1ccc(Br)cn1. The maximum absolute atomic E-state index is 11.7. The molecule has 1 atom stereocenters. The lowest BCUT2D eigenvalue weighted by Gasteiger charge is -2.11. The molecular weight excluding hydrogens is 300 g/mol. The van der Waals surface area contributed by atoms with E-state index in [0.717, 1.165) is 4.47 Å². The molecule has 0 aliphatic rings. The van der Waals surface area contributed by atoms with Crippen molar-refractivity contribution in [2.24, 2.45) is 5.92 Å². The number of nitrogens with zero attached hydrogens (tertiary/aromatic N) is 1. The first kappa shape index (κ1) is 14.6. The highest BCUT2D eigenvalue weighted by Crippen LogP contribution is 2.08. The summed E-state index contributed by atoms with van der Waals surface area (Å²) in [4.78, 5) is 26.1. The Kier molecular flexibility index (Phi) is 5.77. The smallest absolute Gasteiger partial charge is 0.303 e. The molecule has 18 heavy (non-hydrogen) atoms. The number of amides is 1. The summed E-state index contributed by atoms with van der Waals surface area (Å²) in [6.45, 7) is 2.35. The number of pyridine rings is 1. The van der Waals surface area contributed by atoms with Crippen molar-refractivity contribution in [3.63, 3.8) is 0 Å². The molecule has 5 nitrogen and oxygen atoms in total. The zero-order chi connectivity index (χ0) is 13.5. The summed E-state index contributed by atoms with van der Waals surface area (Å²) in [5.74, 6) is -0.937. The van der Waals surface area contributed by atoms with Crippen LogP contribution in [0.1, 0.15) is 30.3 Å². The predicted octanol–water partition coefficient (Wildman–Crippen LogP) is 2.07. The highest BCUT2D eigenvalue weighted by Gasteiger charge is 2.10. The Morgan fingerprint density at radius 3 is 2.78 bits per heavy atom. The Bertz CT molecular complexity index is 420. The maximum atomic E-state index is 11.7. The van der Waals surface area contributed by atoms with Crippen LogP contribution in [0.2, 0.25) is 0 Å². The fourth-order valence-electron chi connectivity index (χ4n) is 1.34. The largest absolute Gasteiger partial charge is 0.481 e. The van der Waals surface area contributed by atoms with Gasteiger partial charge in [-0.3, -0.25) is 9.59 Å². The number of rotatable bonds is 6. The number of carboxylic acid groups (broad SMARTS) is 1. The molecule has 6 heteroatoms. The topological polar surface area (TPSA) is 79.3 Å². The first-order valence-electron chi connectivity index (χ1n) is 5.60. The number of hydrogen-bond donors (Lipinski definition) is 2. The number of hydrogen-bond acceptors (Lipinski definition) is 3. The summed E-state index contributed by atoms with van der Waals surface area (Å²) in [6.07, 6.45) is 2.22. The Labute approximate surface area is 114 Å². The summed E-state index contributed by atoms with van der Waals surface area (Å²) in [7, 11) is 0. The summed E-state index contributed by atoms with van der Waals surface area (Å²) < 4.78 is 0.814. The van der Waals surface area contributed by atoms with Gasteiger partial charge in [-0.1, -0.05) is 6.92 Å². The molecule has 1 rings (SSSR count). The van der Waals surface area contributed by atoms with Crippen molar-refractivity contribution >= 4 is 27.8 Å². The van der Waals surface area contributed by atoms with E-state index in [0.29, 0.717) is 18.7 Å². The zero-order valence-corrected chi connectivity index (χ0v) is 11.6. The highest BCUT2D eigenvalue weighted by atomic mass is 79.9. The Morgan fingerprint density at radius 1 is 1.50 bits per heavy atom. The van der Waals surface area contributed by atoms with E-state index in [-0.39, 0.29) is 18.2 Å². The first-order valence-corrected chi connectivity index (χ1v) is 6.40. The van der Waals surface area contributed by atoms with Gasteiger partial charge in [-0.25, -0.2) is 4.98 Å². The minimum absolute atomic E-state index is 0.119. The van der Waals surface area contributed by atoms with Crippen molar-refractivity contribution in [2.45, 2.75) is 19.8 Å². The van der Waals surface area contributed by atoms with Gasteiger partial charge in [0.1, 0.15) is 5.69 Å². The molecule has 0 saturated heterocycles. The molecule has 1 amide bonds. The normalized spacial score (nSPS) is 11.9. The van der Waals surface area contributed by atoms with Crippen LogP contribution in [-0.2, 0) is 4.79 Å². The number of carbonyl (C=O) groups is 2. The van der Waals surface area contributed by atoms with Gasteiger partial charge in [-0.2, -0.15) is 0 Å². The van der Waals surface area contributed by atoms with Crippen LogP contribution in [-0.4, -0.2) is 28.5 Å². The van der Waals surface area contributed by atoms with Gasteiger partial charge in [0.15, 0.2) is 0 Å². The summed E-state index contributed by atoms with van der Waals surface area (Å²) >= 11 is 3.24. The average molecular weight is 315 g/mol. The van der Waals surface area contributed by atoms with Crippen LogP contribution in [0.25, 0.3) is 0 Å². The summed E-state index contributed by atoms with van der Waals surface area (Å²) in [5.41, 5.74) is 0.351. The Morgan fingerprint density at radius 2 is 2.22 bits per heavy atom. The number of carboxylic acids is 1. The van der Waals surface area contributed by atoms with Crippen LogP contribution in [0, 0.1) is 5.92 Å². The van der Waals surface area contributed by atoms with Gasteiger partial charge in [0, 0.05) is 23.6 Å². The third-order valence-corrected chi connectivity index (χ3v) is 2.89. The van der Waals surface area contributed by atoms with E-state index in [1.54, 1.807) is 18.3 Å². The number of nitrogens with one attached hydrogen (secondary N) is 1. The van der Waals surface area contributed by atoms with Crippen molar-refractivity contribution in [2.75, 3.05) is 6.54 Å². The van der Waals surface area contributed by atoms with Gasteiger partial charge in [-0.15, -0.1) is 0 Å². The van der Waals surface area contributed by atoms with Gasteiger partial charge in [0.25, 0.3) is 5.91 Å². The van der Waals surface area contributed by atoms with E-state index < -0.39 is 5.97 Å². The standard InChI is InChI=1S/C12H15BrN2O3/c1-8(2-5-11(16)17)6-15-12(18)10-4-3-9(13)7-14-10/h3-4,7-8H,2,5-6H2,1H3,(H,15,18)(H,16,17). The van der Waals surface area contributed by atoms with Crippen LogP contribution in [0.4, 0.5) is 0 Å². The Hall–Kier alpha value is -1.43. The fraction of sp³-hybridized carbons (Fsp3) is 0.417. The van der Waals surface area contributed by atoms with Crippen LogP contribution in [0.3, 0.4) is 0 Å². The second kappa shape index (κ2) is 7.10. The molecule has 1 aromatic heterocycles. The molecule has 0 aromatic carbocycles. The van der Waals surface area contributed by atoms with Crippen molar-refractivity contribution < 1.29 is 14.7 Å². The molecule has 0 bridgehead atoms. The van der Waals surface area contributed by atoms with Crippen LogP contribution in [0.5, 0.6) is 0 Å². The monoisotopic (exact) mass is 314 g/mol. The lowest BCUT2D eigenvalue weighted by atomic mass is 10.1. The molecule has 0 saturated carbocycles. The zero-order valence-electron chi connectivity index (χ0n) is 10.0. The molecule has 1 heterocycles. The van der Waals surface area contributed by atoms with Crippen LogP contribution in [0.15, 0.2) is 22.8 Å². The van der Waals surface area contributed by atoms with Crippen LogP contribution < -0.4 is 5.32 Å². The molecular formula is C12H15BrN2O3. The van der Waals surface area contributed by atoms with E-state index in [2.05, 4.69) is 26.2 Å². The van der Waals surface area contributed by atoms with Crippen molar-refractivity contribution in [3.8, 4) is 0 Å². The number of aromatic nitrogens is 1. The third kappa shape index (κ3) is 5.27. The molecule has 0 radical (unpaired) electrons. The fourth-order valence-corrected chi connectivity index (χ4v) is 1.57. The third-order valence-electron chi connectivity index (χ3n) is 2.42. The van der Waals surface area contributed by atoms with E-state index in [1.165, 1.54) is 0 Å². The van der Waals surface area contributed by atoms with Gasteiger partial charge in [0.05, 0.1) is 0 Å². The lowest BCUT2D eigenvalue weighted by Crippen LogP contribution is -2.29. The van der Waals surface area contributed by atoms with Crippen molar-refractivity contribution in [1.82, 2.24) is 10.3 Å². The molecule has 1 aromatic rings. The highest BCUT2D eigenvalue weighted by molar-refractivity contribution is 9.10. The quantitative estimate of drug-likeness (QED) is 0.842. The molecule has 0 fully saturated rings. The first-order chi connectivity index (χ1) is 8.49. The van der Waals surface area contributed by atoms with E-state index in [1.807, 2.05) is 6.92 Å². The van der Waals surface area contributed by atoms with Gasteiger partial charge >= 0.3 is 5.97 Å². The number of halogens is 1. The van der Waals surface area contributed by atoms with E-state index in [4.69, 9.17) is 5.11 Å². The van der Waals surface area contributed by atoms with Gasteiger partial charge in [-0.05, 0) is 40.4 Å². The van der Waals surface area contributed by atoms with Crippen LogP contribution >= 0.6 is 15.9 Å². The van der Waals surface area contributed by atoms with Gasteiger partial charge < -0.3 is 10.4 Å². The minimum Gasteiger partial charge on any atom is -0.481 e. The molecule has 1 unspecified atom stereocenters. The molecule has 0 spiro atoms. The summed E-state index contributed by atoms with van der Waals surface area (Å²) in [6, 6.07) is 3.37. The summed E-state index contributed by atoms with van der Waals surface area (Å²) in [5, 5.41) is 11.3. The minimum atomic E-state index is -0.817. The molecule has 98 valence electrons. The molecule has 0 aliphatic carbocycles. The lowest BCUT2D eigenvalue weighted by molar-refractivity contribution is -0.137. The predicted molar refractivity (Wildman–Crippen MR) is 70.3 cm³/mol. The molecule has 0 aliphatic heterocycles. The second-order valence-corrected chi connectivity index (χ2v) is 5.02. The van der Waals surface area contributed by atoms with E-state index in [9.17, 15) is 9.59 Å².